The van der Waals surface area contributed by atoms with Crippen LogP contribution in [0, 0.1) is 6.92 Å². The van der Waals surface area contributed by atoms with Crippen molar-refractivity contribution in [2.45, 2.75) is 38.5 Å². The minimum Gasteiger partial charge on any atom is -0.497 e. The maximum absolute atomic E-state index is 13.5. The number of carbonyl (C=O) groups is 2. The molecule has 0 bridgehead atoms. The number of esters is 1. The Morgan fingerprint density at radius 1 is 1.12 bits per heavy atom. The number of nitrogens with one attached hydrogen (secondary N) is 1. The van der Waals surface area contributed by atoms with Gasteiger partial charge in [0.15, 0.2) is 5.78 Å². The molecule has 1 aliphatic carbocycles. The van der Waals surface area contributed by atoms with Gasteiger partial charge in [-0.05, 0) is 56.0 Å². The number of rotatable bonds is 7. The van der Waals surface area contributed by atoms with Gasteiger partial charge in [0.25, 0.3) is 0 Å². The summed E-state index contributed by atoms with van der Waals surface area (Å²) in [5, 5.41) is 3.34. The number of carbonyl (C=O) groups excluding carboxylic acids is 2. The van der Waals surface area contributed by atoms with Gasteiger partial charge in [0.2, 0.25) is 0 Å². The van der Waals surface area contributed by atoms with E-state index in [9.17, 15) is 9.59 Å². The highest BCUT2D eigenvalue weighted by Crippen LogP contribution is 2.46. The fourth-order valence-corrected chi connectivity index (χ4v) is 4.63. The average Bonchev–Trinajstić information content (AvgIpc) is 3.24. The monoisotopic (exact) mass is 451 g/mol. The molecule has 2 aromatic rings. The Kier molecular flexibility index (Phi) is 6.70. The fourth-order valence-electron chi connectivity index (χ4n) is 4.63. The van der Waals surface area contributed by atoms with E-state index in [0.717, 1.165) is 17.0 Å². The van der Waals surface area contributed by atoms with Crippen LogP contribution in [0.1, 0.15) is 48.7 Å². The van der Waals surface area contributed by atoms with Crippen molar-refractivity contribution in [3.63, 3.8) is 0 Å². The number of allylic oxidation sites excluding steroid dienone is 3. The Balaban J connectivity index is 1.72. The van der Waals surface area contributed by atoms with Crippen LogP contribution in [-0.4, -0.2) is 39.2 Å². The molecule has 2 heterocycles. The number of ether oxygens (including phenoxy) is 3. The number of hydrogen-bond acceptors (Lipinski definition) is 7. The van der Waals surface area contributed by atoms with Gasteiger partial charge < -0.3 is 23.9 Å². The number of dihydropyridines is 1. The molecule has 7 heteroatoms. The van der Waals surface area contributed by atoms with Crippen molar-refractivity contribution in [2.75, 3.05) is 27.4 Å². The molecule has 1 aliphatic heterocycles. The molecule has 1 N–H and O–H groups in total. The van der Waals surface area contributed by atoms with Crippen LogP contribution < -0.4 is 10.1 Å². The van der Waals surface area contributed by atoms with Gasteiger partial charge in [0, 0.05) is 30.5 Å². The zero-order valence-electron chi connectivity index (χ0n) is 19.4. The van der Waals surface area contributed by atoms with Crippen molar-refractivity contribution in [1.29, 1.82) is 0 Å². The summed E-state index contributed by atoms with van der Waals surface area (Å²) in [5.74, 6) is 0.957. The van der Waals surface area contributed by atoms with Gasteiger partial charge in [-0.15, -0.1) is 0 Å². The number of Topliss-reactive ketones (excluding diaryl/α,β-unsaturated/α-hetero) is 1. The van der Waals surface area contributed by atoms with Gasteiger partial charge in [-0.1, -0.05) is 12.1 Å². The SMILES string of the molecule is COCCOC(=O)C1=C(C)NC2=C(C(=O)C[C@H](c3cccc(OC)c3)C2)[C@@H]1c1ccc(C)o1. The molecular formula is C26H29NO6. The molecule has 0 saturated heterocycles. The topological polar surface area (TPSA) is 87.0 Å². The van der Waals surface area contributed by atoms with Crippen LogP contribution in [0.15, 0.2) is 63.4 Å². The Morgan fingerprint density at radius 2 is 1.94 bits per heavy atom. The van der Waals surface area contributed by atoms with Crippen molar-refractivity contribution in [3.05, 3.63) is 76.0 Å². The van der Waals surface area contributed by atoms with Gasteiger partial charge in [-0.2, -0.15) is 0 Å². The molecule has 0 saturated carbocycles. The zero-order valence-corrected chi connectivity index (χ0v) is 19.4. The smallest absolute Gasteiger partial charge is 0.336 e. The van der Waals surface area contributed by atoms with E-state index in [0.29, 0.717) is 47.8 Å². The molecule has 0 spiro atoms. The fraction of sp³-hybridized carbons (Fsp3) is 0.385. The molecule has 1 aromatic carbocycles. The van der Waals surface area contributed by atoms with Gasteiger partial charge in [-0.3, -0.25) is 4.79 Å². The summed E-state index contributed by atoms with van der Waals surface area (Å²) in [6.07, 6.45) is 0.989. The minimum atomic E-state index is -0.608. The van der Waals surface area contributed by atoms with E-state index in [1.165, 1.54) is 0 Å². The maximum Gasteiger partial charge on any atom is 0.336 e. The summed E-state index contributed by atoms with van der Waals surface area (Å²) in [4.78, 5) is 26.6. The predicted octanol–water partition coefficient (Wildman–Crippen LogP) is 4.15. The highest BCUT2D eigenvalue weighted by atomic mass is 16.6. The molecule has 0 fully saturated rings. The Morgan fingerprint density at radius 3 is 2.64 bits per heavy atom. The Bertz CT molecular complexity index is 1130. The van der Waals surface area contributed by atoms with Crippen LogP contribution in [0.5, 0.6) is 5.75 Å². The first-order chi connectivity index (χ1) is 15.9. The lowest BCUT2D eigenvalue weighted by Crippen LogP contribution is -2.36. The number of furan rings is 1. The highest BCUT2D eigenvalue weighted by molar-refractivity contribution is 6.04. The average molecular weight is 452 g/mol. The van der Waals surface area contributed by atoms with Crippen LogP contribution in [0.3, 0.4) is 0 Å². The summed E-state index contributed by atoms with van der Waals surface area (Å²) in [7, 11) is 3.18. The second-order valence-corrected chi connectivity index (χ2v) is 8.37. The number of benzene rings is 1. The maximum atomic E-state index is 13.5. The van der Waals surface area contributed by atoms with Crippen molar-refractivity contribution in [3.8, 4) is 5.75 Å². The Hall–Kier alpha value is -3.32. The summed E-state index contributed by atoms with van der Waals surface area (Å²) in [6.45, 7) is 4.10. The third-order valence-corrected chi connectivity index (χ3v) is 6.18. The normalized spacial score (nSPS) is 20.4. The molecule has 7 nitrogen and oxygen atoms in total. The lowest BCUT2D eigenvalue weighted by Gasteiger charge is -2.35. The lowest BCUT2D eigenvalue weighted by molar-refractivity contribution is -0.140. The highest BCUT2D eigenvalue weighted by Gasteiger charge is 2.42. The van der Waals surface area contributed by atoms with Crippen LogP contribution in [-0.2, 0) is 19.1 Å². The van der Waals surface area contributed by atoms with E-state index in [4.69, 9.17) is 18.6 Å². The van der Waals surface area contributed by atoms with E-state index >= 15 is 0 Å². The molecule has 0 unspecified atom stereocenters. The van der Waals surface area contributed by atoms with Gasteiger partial charge in [-0.25, -0.2) is 4.79 Å². The van der Waals surface area contributed by atoms with E-state index in [-0.39, 0.29) is 18.3 Å². The number of ketones is 1. The van der Waals surface area contributed by atoms with Crippen molar-refractivity contribution < 1.29 is 28.2 Å². The zero-order chi connectivity index (χ0) is 23.5. The number of methoxy groups -OCH3 is 2. The first kappa shape index (κ1) is 22.9. The van der Waals surface area contributed by atoms with Crippen LogP contribution in [0.25, 0.3) is 0 Å². The van der Waals surface area contributed by atoms with Crippen molar-refractivity contribution in [1.82, 2.24) is 5.32 Å². The molecule has 1 aromatic heterocycles. The summed E-state index contributed by atoms with van der Waals surface area (Å²) in [5.41, 5.74) is 3.51. The third-order valence-electron chi connectivity index (χ3n) is 6.18. The van der Waals surface area contributed by atoms with Crippen molar-refractivity contribution in [2.24, 2.45) is 0 Å². The van der Waals surface area contributed by atoms with Gasteiger partial charge >= 0.3 is 5.97 Å². The number of hydrogen-bond donors (Lipinski definition) is 1. The van der Waals surface area contributed by atoms with E-state index in [1.54, 1.807) is 14.2 Å². The second-order valence-electron chi connectivity index (χ2n) is 8.37. The van der Waals surface area contributed by atoms with Crippen LogP contribution in [0.2, 0.25) is 0 Å². The Labute approximate surface area is 193 Å². The second kappa shape index (κ2) is 9.67. The summed E-state index contributed by atoms with van der Waals surface area (Å²) in [6, 6.07) is 11.5. The summed E-state index contributed by atoms with van der Waals surface area (Å²) >= 11 is 0. The number of aryl methyl sites for hydroxylation is 1. The molecule has 33 heavy (non-hydrogen) atoms. The van der Waals surface area contributed by atoms with E-state index < -0.39 is 11.9 Å². The van der Waals surface area contributed by atoms with Crippen LogP contribution in [0.4, 0.5) is 0 Å². The molecular weight excluding hydrogens is 422 g/mol. The first-order valence-electron chi connectivity index (χ1n) is 11.0. The van der Waals surface area contributed by atoms with E-state index in [2.05, 4.69) is 5.32 Å². The standard InChI is InChI=1S/C26H29NO6/c1-15-8-9-22(33-15)25-23(26(29)32-11-10-30-3)16(2)27-20-13-18(14-21(28)24(20)25)17-6-5-7-19(12-17)31-4/h5-9,12,18,25,27H,10-11,13-14H2,1-4H3/t18-,25-/m1/s1. The molecule has 0 amide bonds. The summed E-state index contributed by atoms with van der Waals surface area (Å²) < 4.78 is 21.7. The minimum absolute atomic E-state index is 0.00897. The van der Waals surface area contributed by atoms with Gasteiger partial charge in [0.1, 0.15) is 23.9 Å². The quantitative estimate of drug-likeness (QED) is 0.500. The van der Waals surface area contributed by atoms with Gasteiger partial charge in [0.05, 0.1) is 25.2 Å². The first-order valence-corrected chi connectivity index (χ1v) is 11.0. The lowest BCUT2D eigenvalue weighted by atomic mass is 9.73. The predicted molar refractivity (Wildman–Crippen MR) is 122 cm³/mol. The largest absolute Gasteiger partial charge is 0.497 e. The molecule has 174 valence electrons. The van der Waals surface area contributed by atoms with Crippen molar-refractivity contribution >= 4 is 11.8 Å². The van der Waals surface area contributed by atoms with E-state index in [1.807, 2.05) is 50.2 Å². The third kappa shape index (κ3) is 4.59. The molecule has 0 radical (unpaired) electrons. The molecule has 2 atom stereocenters. The van der Waals surface area contributed by atoms with Crippen LogP contribution >= 0.6 is 0 Å². The molecule has 2 aliphatic rings. The molecule has 4 rings (SSSR count).